The normalized spacial score (nSPS) is 10.1. The van der Waals surface area contributed by atoms with Crippen LogP contribution in [-0.4, -0.2) is 15.9 Å². The molecule has 2 aromatic rings. The number of amides is 1. The second-order valence-electron chi connectivity index (χ2n) is 3.57. The molecule has 0 radical (unpaired) electrons. The third-order valence-electron chi connectivity index (χ3n) is 2.10. The predicted molar refractivity (Wildman–Crippen MR) is 73.0 cm³/mol. The molecule has 0 fully saturated rings. The molecule has 0 bridgehead atoms. The highest BCUT2D eigenvalue weighted by Gasteiger charge is 2.08. The molecule has 1 amide bonds. The maximum Gasteiger partial charge on any atom is 0.257 e. The van der Waals surface area contributed by atoms with Crippen LogP contribution < -0.4 is 16.8 Å². The molecule has 1 heterocycles. The van der Waals surface area contributed by atoms with Crippen molar-refractivity contribution in [2.75, 3.05) is 16.8 Å². The Balaban J connectivity index is 2.19. The lowest BCUT2D eigenvalue weighted by Crippen LogP contribution is -2.13. The van der Waals surface area contributed by atoms with E-state index in [-0.39, 0.29) is 5.91 Å². The summed E-state index contributed by atoms with van der Waals surface area (Å²) in [5.74, 6) is 0.00909. The van der Waals surface area contributed by atoms with Crippen LogP contribution in [0.25, 0.3) is 0 Å². The van der Waals surface area contributed by atoms with Crippen molar-refractivity contribution in [2.45, 2.75) is 0 Å². The van der Waals surface area contributed by atoms with E-state index in [1.165, 1.54) is 24.5 Å². The first kappa shape index (κ1) is 12.3. The Bertz CT molecular complexity index is 564. The SMILES string of the molecule is Nc1cc(N)cc(C(=O)Nc2cnc(Br)cn2)c1. The zero-order valence-electron chi connectivity index (χ0n) is 9.22. The standard InChI is InChI=1S/C11H10BrN5O/c12-9-4-16-10(5-15-9)17-11(18)6-1-7(13)3-8(14)2-6/h1-5H,13-14H2,(H,16,17,18). The van der Waals surface area contributed by atoms with Crippen LogP contribution in [0, 0.1) is 0 Å². The van der Waals surface area contributed by atoms with E-state index in [9.17, 15) is 4.79 Å². The molecule has 0 aliphatic rings. The highest BCUT2D eigenvalue weighted by Crippen LogP contribution is 2.15. The third-order valence-corrected chi connectivity index (χ3v) is 2.51. The molecule has 0 saturated carbocycles. The first-order valence-electron chi connectivity index (χ1n) is 4.99. The van der Waals surface area contributed by atoms with Crippen molar-refractivity contribution >= 4 is 39.0 Å². The van der Waals surface area contributed by atoms with Gasteiger partial charge in [-0.3, -0.25) is 4.79 Å². The summed E-state index contributed by atoms with van der Waals surface area (Å²) in [6, 6.07) is 4.66. The van der Waals surface area contributed by atoms with E-state index in [1.807, 2.05) is 0 Å². The van der Waals surface area contributed by atoms with Crippen LogP contribution in [0.2, 0.25) is 0 Å². The Morgan fingerprint density at radius 2 is 1.78 bits per heavy atom. The Morgan fingerprint density at radius 1 is 1.11 bits per heavy atom. The first-order valence-corrected chi connectivity index (χ1v) is 5.79. The molecule has 18 heavy (non-hydrogen) atoms. The maximum atomic E-state index is 11.9. The van der Waals surface area contributed by atoms with Gasteiger partial charge in [-0.25, -0.2) is 9.97 Å². The number of nitrogens with two attached hydrogens (primary N) is 2. The van der Waals surface area contributed by atoms with Gasteiger partial charge in [0.15, 0.2) is 5.82 Å². The number of benzene rings is 1. The van der Waals surface area contributed by atoms with Crippen molar-refractivity contribution in [2.24, 2.45) is 0 Å². The number of hydrogen-bond donors (Lipinski definition) is 3. The number of anilines is 3. The molecule has 0 aliphatic heterocycles. The lowest BCUT2D eigenvalue weighted by Gasteiger charge is -2.06. The number of carbonyl (C=O) groups excluding carboxylic acids is 1. The topological polar surface area (TPSA) is 107 Å². The Morgan fingerprint density at radius 3 is 2.33 bits per heavy atom. The molecule has 7 heteroatoms. The molecule has 1 aromatic carbocycles. The summed E-state index contributed by atoms with van der Waals surface area (Å²) < 4.78 is 0.591. The van der Waals surface area contributed by atoms with Crippen molar-refractivity contribution in [1.82, 2.24) is 9.97 Å². The zero-order chi connectivity index (χ0) is 13.1. The second-order valence-corrected chi connectivity index (χ2v) is 4.38. The highest BCUT2D eigenvalue weighted by molar-refractivity contribution is 9.10. The summed E-state index contributed by atoms with van der Waals surface area (Å²) in [7, 11) is 0. The summed E-state index contributed by atoms with van der Waals surface area (Å²) in [5.41, 5.74) is 12.5. The van der Waals surface area contributed by atoms with Crippen LogP contribution in [0.5, 0.6) is 0 Å². The average molecular weight is 308 g/mol. The van der Waals surface area contributed by atoms with Crippen molar-refractivity contribution in [1.29, 1.82) is 0 Å². The molecule has 92 valence electrons. The Kier molecular flexibility index (Phi) is 3.42. The molecular weight excluding hydrogens is 298 g/mol. The van der Waals surface area contributed by atoms with Crippen LogP contribution in [0.4, 0.5) is 17.2 Å². The highest BCUT2D eigenvalue weighted by atomic mass is 79.9. The maximum absolute atomic E-state index is 11.9. The van der Waals surface area contributed by atoms with Crippen LogP contribution in [0.1, 0.15) is 10.4 Å². The number of halogens is 1. The van der Waals surface area contributed by atoms with Gasteiger partial charge in [-0.1, -0.05) is 0 Å². The summed E-state index contributed by atoms with van der Waals surface area (Å²) >= 11 is 3.16. The van der Waals surface area contributed by atoms with Crippen molar-refractivity contribution < 1.29 is 4.79 Å². The molecule has 0 saturated heterocycles. The van der Waals surface area contributed by atoms with E-state index in [0.717, 1.165) is 0 Å². The van der Waals surface area contributed by atoms with Gasteiger partial charge in [0, 0.05) is 16.9 Å². The van der Waals surface area contributed by atoms with E-state index in [2.05, 4.69) is 31.2 Å². The largest absolute Gasteiger partial charge is 0.399 e. The van der Waals surface area contributed by atoms with Gasteiger partial charge in [0.2, 0.25) is 0 Å². The number of aromatic nitrogens is 2. The van der Waals surface area contributed by atoms with Gasteiger partial charge >= 0.3 is 0 Å². The molecule has 0 atom stereocenters. The van der Waals surface area contributed by atoms with Gasteiger partial charge in [-0.15, -0.1) is 0 Å². The van der Waals surface area contributed by atoms with Gasteiger partial charge in [0.1, 0.15) is 4.60 Å². The number of nitrogen functional groups attached to an aromatic ring is 2. The summed E-state index contributed by atoms with van der Waals surface area (Å²) in [6.07, 6.45) is 2.93. The van der Waals surface area contributed by atoms with E-state index in [0.29, 0.717) is 27.4 Å². The quantitative estimate of drug-likeness (QED) is 0.731. The van der Waals surface area contributed by atoms with Gasteiger partial charge < -0.3 is 16.8 Å². The number of nitrogens with zero attached hydrogens (tertiary/aromatic N) is 2. The average Bonchev–Trinajstić information content (AvgIpc) is 2.31. The predicted octanol–water partition coefficient (Wildman–Crippen LogP) is 1.66. The number of carbonyl (C=O) groups is 1. The third kappa shape index (κ3) is 2.95. The minimum absolute atomic E-state index is 0.342. The van der Waals surface area contributed by atoms with Crippen molar-refractivity contribution in [3.8, 4) is 0 Å². The minimum Gasteiger partial charge on any atom is -0.399 e. The lowest BCUT2D eigenvalue weighted by atomic mass is 10.1. The van der Waals surface area contributed by atoms with Gasteiger partial charge in [0.05, 0.1) is 12.4 Å². The monoisotopic (exact) mass is 307 g/mol. The second kappa shape index (κ2) is 5.01. The van der Waals surface area contributed by atoms with Crippen LogP contribution in [-0.2, 0) is 0 Å². The molecule has 0 unspecified atom stereocenters. The molecule has 1 aromatic heterocycles. The Hall–Kier alpha value is -2.15. The molecule has 0 aliphatic carbocycles. The lowest BCUT2D eigenvalue weighted by molar-refractivity contribution is 0.102. The summed E-state index contributed by atoms with van der Waals surface area (Å²) in [6.45, 7) is 0. The summed E-state index contributed by atoms with van der Waals surface area (Å²) in [5, 5.41) is 2.60. The fourth-order valence-electron chi connectivity index (χ4n) is 1.37. The Labute approximate surface area is 112 Å². The smallest absolute Gasteiger partial charge is 0.257 e. The van der Waals surface area contributed by atoms with Gasteiger partial charge in [-0.05, 0) is 34.1 Å². The number of nitrogens with one attached hydrogen (secondary N) is 1. The van der Waals surface area contributed by atoms with E-state index < -0.39 is 0 Å². The van der Waals surface area contributed by atoms with Gasteiger partial charge in [-0.2, -0.15) is 0 Å². The zero-order valence-corrected chi connectivity index (χ0v) is 10.8. The van der Waals surface area contributed by atoms with Gasteiger partial charge in [0.25, 0.3) is 5.91 Å². The fraction of sp³-hybridized carbons (Fsp3) is 0. The van der Waals surface area contributed by atoms with E-state index >= 15 is 0 Å². The van der Waals surface area contributed by atoms with Crippen molar-refractivity contribution in [3.05, 3.63) is 40.8 Å². The molecule has 5 N–H and O–H groups in total. The molecule has 0 spiro atoms. The number of rotatable bonds is 2. The first-order chi connectivity index (χ1) is 8.54. The molecule has 6 nitrogen and oxygen atoms in total. The summed E-state index contributed by atoms with van der Waals surface area (Å²) in [4.78, 5) is 19.8. The van der Waals surface area contributed by atoms with Crippen molar-refractivity contribution in [3.63, 3.8) is 0 Å². The fourth-order valence-corrected chi connectivity index (χ4v) is 1.58. The van der Waals surface area contributed by atoms with E-state index in [4.69, 9.17) is 11.5 Å². The van der Waals surface area contributed by atoms with Crippen LogP contribution in [0.3, 0.4) is 0 Å². The van der Waals surface area contributed by atoms with E-state index in [1.54, 1.807) is 6.07 Å². The minimum atomic E-state index is -0.342. The number of hydrogen-bond acceptors (Lipinski definition) is 5. The van der Waals surface area contributed by atoms with Crippen LogP contribution in [0.15, 0.2) is 35.2 Å². The molecule has 2 rings (SSSR count). The van der Waals surface area contributed by atoms with Crippen LogP contribution >= 0.6 is 15.9 Å². The molecular formula is C11H10BrN5O.